The lowest BCUT2D eigenvalue weighted by molar-refractivity contribution is -0.386. The van der Waals surface area contributed by atoms with Crippen molar-refractivity contribution >= 4 is 11.7 Å². The number of aryl methyl sites for hydroxylation is 1. The van der Waals surface area contributed by atoms with Crippen LogP contribution >= 0.6 is 0 Å². The molecule has 0 radical (unpaired) electrons. The van der Waals surface area contributed by atoms with E-state index in [4.69, 9.17) is 14.6 Å². The van der Waals surface area contributed by atoms with Gasteiger partial charge in [0.1, 0.15) is 6.61 Å². The van der Waals surface area contributed by atoms with E-state index < -0.39 is 17.0 Å². The van der Waals surface area contributed by atoms with Crippen molar-refractivity contribution in [2.24, 2.45) is 0 Å². The zero-order valence-corrected chi connectivity index (χ0v) is 10.9. The van der Waals surface area contributed by atoms with E-state index in [1.807, 2.05) is 0 Å². The molecule has 0 spiro atoms. The average molecular weight is 281 g/mol. The molecule has 1 aromatic carbocycles. The number of benzene rings is 1. The van der Waals surface area contributed by atoms with E-state index in [1.165, 1.54) is 6.07 Å². The van der Waals surface area contributed by atoms with Crippen molar-refractivity contribution in [2.75, 3.05) is 6.61 Å². The molecule has 2 rings (SSSR count). The molecule has 0 amide bonds. The highest BCUT2D eigenvalue weighted by Gasteiger charge is 2.31. The summed E-state index contributed by atoms with van der Waals surface area (Å²) in [5, 5.41) is 19.8. The van der Waals surface area contributed by atoms with Crippen LogP contribution in [0.25, 0.3) is 0 Å². The van der Waals surface area contributed by atoms with Gasteiger partial charge in [0, 0.05) is 6.07 Å². The van der Waals surface area contributed by atoms with Gasteiger partial charge in [-0.15, -0.1) is 0 Å². The first-order valence-electron chi connectivity index (χ1n) is 6.24. The summed E-state index contributed by atoms with van der Waals surface area (Å²) < 4.78 is 10.8. The van der Waals surface area contributed by atoms with Crippen molar-refractivity contribution in [1.82, 2.24) is 0 Å². The number of hydrogen-bond acceptors (Lipinski definition) is 5. The third-order valence-corrected chi connectivity index (χ3v) is 3.18. The lowest BCUT2D eigenvalue weighted by Crippen LogP contribution is -2.23. The summed E-state index contributed by atoms with van der Waals surface area (Å²) >= 11 is 0. The molecule has 0 bridgehead atoms. The molecule has 1 N–H and O–H groups in total. The highest BCUT2D eigenvalue weighted by atomic mass is 16.6. The highest BCUT2D eigenvalue weighted by Crippen LogP contribution is 2.31. The number of para-hydroxylation sites is 1. The second-order valence-corrected chi connectivity index (χ2v) is 4.65. The van der Waals surface area contributed by atoms with Gasteiger partial charge >= 0.3 is 11.7 Å². The Morgan fingerprint density at radius 2 is 2.30 bits per heavy atom. The minimum Gasteiger partial charge on any atom is -0.484 e. The summed E-state index contributed by atoms with van der Waals surface area (Å²) in [6.07, 6.45) is -0.165. The van der Waals surface area contributed by atoms with Gasteiger partial charge in [0.2, 0.25) is 0 Å². The Labute approximate surface area is 115 Å². The minimum atomic E-state index is -0.991. The zero-order chi connectivity index (χ0) is 14.7. The van der Waals surface area contributed by atoms with Crippen LogP contribution in [0.5, 0.6) is 5.75 Å². The van der Waals surface area contributed by atoms with E-state index in [-0.39, 0.29) is 24.1 Å². The Morgan fingerprint density at radius 3 is 2.90 bits per heavy atom. The van der Waals surface area contributed by atoms with Crippen LogP contribution in [-0.2, 0) is 9.53 Å². The first-order chi connectivity index (χ1) is 9.49. The fourth-order valence-electron chi connectivity index (χ4n) is 2.15. The Morgan fingerprint density at radius 1 is 1.55 bits per heavy atom. The summed E-state index contributed by atoms with van der Waals surface area (Å²) in [6, 6.07) is 4.68. The Hall–Kier alpha value is -2.15. The number of rotatable bonds is 5. The van der Waals surface area contributed by atoms with E-state index in [0.29, 0.717) is 18.4 Å². The van der Waals surface area contributed by atoms with Crippen LogP contribution in [-0.4, -0.2) is 34.8 Å². The first-order valence-corrected chi connectivity index (χ1v) is 6.24. The summed E-state index contributed by atoms with van der Waals surface area (Å²) in [5.74, 6) is -0.783. The number of aliphatic carboxylic acids is 1. The third-order valence-electron chi connectivity index (χ3n) is 3.18. The lowest BCUT2D eigenvalue weighted by Gasteiger charge is -2.14. The SMILES string of the molecule is Cc1cccc([N+](=O)[O-])c1OCC1CCC(C(=O)O)O1. The molecule has 7 heteroatoms. The van der Waals surface area contributed by atoms with Crippen LogP contribution in [0.3, 0.4) is 0 Å². The van der Waals surface area contributed by atoms with Crippen molar-refractivity contribution in [3.8, 4) is 5.75 Å². The van der Waals surface area contributed by atoms with Gasteiger partial charge in [-0.25, -0.2) is 4.79 Å². The quantitative estimate of drug-likeness (QED) is 0.653. The molecule has 1 aliphatic rings. The van der Waals surface area contributed by atoms with Crippen molar-refractivity contribution in [3.05, 3.63) is 33.9 Å². The van der Waals surface area contributed by atoms with Crippen LogP contribution in [0, 0.1) is 17.0 Å². The molecule has 2 atom stereocenters. The van der Waals surface area contributed by atoms with Crippen molar-refractivity contribution in [2.45, 2.75) is 32.0 Å². The van der Waals surface area contributed by atoms with E-state index in [2.05, 4.69) is 0 Å². The van der Waals surface area contributed by atoms with Crippen LogP contribution in [0.2, 0.25) is 0 Å². The highest BCUT2D eigenvalue weighted by molar-refractivity contribution is 5.72. The molecule has 20 heavy (non-hydrogen) atoms. The predicted molar refractivity (Wildman–Crippen MR) is 68.9 cm³/mol. The van der Waals surface area contributed by atoms with Crippen molar-refractivity contribution in [1.29, 1.82) is 0 Å². The normalized spacial score (nSPS) is 21.6. The fraction of sp³-hybridized carbons (Fsp3) is 0.462. The Bertz CT molecular complexity index is 530. The van der Waals surface area contributed by atoms with Gasteiger partial charge in [-0.3, -0.25) is 10.1 Å². The van der Waals surface area contributed by atoms with Gasteiger partial charge < -0.3 is 14.6 Å². The Balaban J connectivity index is 2.01. The standard InChI is InChI=1S/C13H15NO6/c1-8-3-2-4-10(14(17)18)12(8)19-7-9-5-6-11(20-9)13(15)16/h2-4,9,11H,5-7H2,1H3,(H,15,16). The summed E-state index contributed by atoms with van der Waals surface area (Å²) in [6.45, 7) is 1.83. The van der Waals surface area contributed by atoms with Crippen LogP contribution in [0.15, 0.2) is 18.2 Å². The molecule has 7 nitrogen and oxygen atoms in total. The van der Waals surface area contributed by atoms with Crippen LogP contribution in [0.1, 0.15) is 18.4 Å². The maximum absolute atomic E-state index is 10.9. The molecule has 1 heterocycles. The van der Waals surface area contributed by atoms with Crippen LogP contribution < -0.4 is 4.74 Å². The molecule has 1 aromatic rings. The lowest BCUT2D eigenvalue weighted by atomic mass is 10.2. The number of carboxylic acids is 1. The number of nitro groups is 1. The van der Waals surface area contributed by atoms with E-state index in [0.717, 1.165) is 0 Å². The Kier molecular flexibility index (Phi) is 4.19. The average Bonchev–Trinajstić information content (AvgIpc) is 2.86. The minimum absolute atomic E-state index is 0.0993. The largest absolute Gasteiger partial charge is 0.484 e. The topological polar surface area (TPSA) is 98.9 Å². The molecule has 108 valence electrons. The maximum atomic E-state index is 10.9. The van der Waals surface area contributed by atoms with E-state index in [9.17, 15) is 14.9 Å². The molecular weight excluding hydrogens is 266 g/mol. The summed E-state index contributed by atoms with van der Waals surface area (Å²) in [5.41, 5.74) is 0.560. The smallest absolute Gasteiger partial charge is 0.332 e. The summed E-state index contributed by atoms with van der Waals surface area (Å²) in [4.78, 5) is 21.2. The van der Waals surface area contributed by atoms with Crippen molar-refractivity contribution in [3.63, 3.8) is 0 Å². The number of nitrogens with zero attached hydrogens (tertiary/aromatic N) is 1. The first kappa shape index (κ1) is 14.3. The van der Waals surface area contributed by atoms with Gasteiger partial charge in [0.05, 0.1) is 11.0 Å². The molecule has 0 aromatic heterocycles. The van der Waals surface area contributed by atoms with Gasteiger partial charge in [0.15, 0.2) is 11.9 Å². The second-order valence-electron chi connectivity index (χ2n) is 4.65. The van der Waals surface area contributed by atoms with E-state index >= 15 is 0 Å². The third kappa shape index (κ3) is 3.05. The monoisotopic (exact) mass is 281 g/mol. The van der Waals surface area contributed by atoms with Crippen LogP contribution in [0.4, 0.5) is 5.69 Å². The summed E-state index contributed by atoms with van der Waals surface area (Å²) in [7, 11) is 0. The van der Waals surface area contributed by atoms with Gasteiger partial charge in [0.25, 0.3) is 0 Å². The number of ether oxygens (including phenoxy) is 2. The van der Waals surface area contributed by atoms with Gasteiger partial charge in [-0.1, -0.05) is 12.1 Å². The number of carboxylic acid groups (broad SMARTS) is 1. The van der Waals surface area contributed by atoms with Crippen molar-refractivity contribution < 1.29 is 24.3 Å². The van der Waals surface area contributed by atoms with Gasteiger partial charge in [-0.05, 0) is 25.3 Å². The predicted octanol–water partition coefficient (Wildman–Crippen LogP) is 1.91. The number of carbonyl (C=O) groups is 1. The molecular formula is C13H15NO6. The number of nitro benzene ring substituents is 1. The fourth-order valence-corrected chi connectivity index (χ4v) is 2.15. The van der Waals surface area contributed by atoms with Gasteiger partial charge in [-0.2, -0.15) is 0 Å². The molecule has 2 unspecified atom stereocenters. The van der Waals surface area contributed by atoms with E-state index in [1.54, 1.807) is 19.1 Å². The molecule has 0 aliphatic carbocycles. The molecule has 0 saturated carbocycles. The maximum Gasteiger partial charge on any atom is 0.332 e. The molecule has 1 saturated heterocycles. The second kappa shape index (κ2) is 5.87. The molecule has 1 fully saturated rings. The number of hydrogen-bond donors (Lipinski definition) is 1. The molecule has 1 aliphatic heterocycles. The zero-order valence-electron chi connectivity index (χ0n) is 10.9.